The number of nitrogens with zero attached hydrogens (tertiary/aromatic N) is 4. The fourth-order valence-corrected chi connectivity index (χ4v) is 4.73. The molecular weight excluding hydrogens is 455 g/mol. The summed E-state index contributed by atoms with van der Waals surface area (Å²) in [6, 6.07) is 4.70. The summed E-state index contributed by atoms with van der Waals surface area (Å²) in [5.74, 6) is -0.471. The minimum Gasteiger partial charge on any atom is -0.404 e. The number of benzene rings is 1. The largest absolute Gasteiger partial charge is 0.404 e. The summed E-state index contributed by atoms with van der Waals surface area (Å²) >= 11 is 0. The number of hydrogen-bond acceptors (Lipinski definition) is 8. The number of carbonyl (C=O) groups is 2. The summed E-state index contributed by atoms with van der Waals surface area (Å²) in [6.07, 6.45) is 3.44. The van der Waals surface area contributed by atoms with Gasteiger partial charge in [0.15, 0.2) is 5.82 Å². The maximum absolute atomic E-state index is 14.6. The molecule has 0 spiro atoms. The highest BCUT2D eigenvalue weighted by Crippen LogP contribution is 2.37. The highest BCUT2D eigenvalue weighted by Gasteiger charge is 2.39. The van der Waals surface area contributed by atoms with Crippen LogP contribution in [0.4, 0.5) is 15.8 Å². The van der Waals surface area contributed by atoms with E-state index in [0.29, 0.717) is 56.3 Å². The van der Waals surface area contributed by atoms with E-state index in [-0.39, 0.29) is 30.5 Å². The third kappa shape index (κ3) is 4.56. The lowest BCUT2D eigenvalue weighted by atomic mass is 10.1. The normalized spacial score (nSPS) is 22.8. The van der Waals surface area contributed by atoms with Gasteiger partial charge in [-0.05, 0) is 30.2 Å². The molecule has 2 atom stereocenters. The van der Waals surface area contributed by atoms with Crippen LogP contribution in [-0.2, 0) is 20.8 Å². The van der Waals surface area contributed by atoms with Gasteiger partial charge in [0.25, 0.3) is 11.8 Å². The first-order valence-corrected chi connectivity index (χ1v) is 11.6. The van der Waals surface area contributed by atoms with Crippen molar-refractivity contribution in [1.82, 2.24) is 14.9 Å². The second-order valence-electron chi connectivity index (χ2n) is 8.61. The van der Waals surface area contributed by atoms with E-state index < -0.39 is 18.1 Å². The number of fused-ring (bicyclic) bond motifs is 1. The monoisotopic (exact) mass is 482 g/mol. The van der Waals surface area contributed by atoms with E-state index in [1.807, 2.05) is 0 Å². The van der Waals surface area contributed by atoms with Gasteiger partial charge in [-0.15, -0.1) is 0 Å². The molecule has 2 saturated heterocycles. The Balaban J connectivity index is 1.47. The zero-order valence-corrected chi connectivity index (χ0v) is 19.2. The van der Waals surface area contributed by atoms with Gasteiger partial charge in [0.05, 0.1) is 42.8 Å². The van der Waals surface area contributed by atoms with Crippen molar-refractivity contribution in [3.8, 4) is 0 Å². The third-order valence-electron chi connectivity index (χ3n) is 6.52. The molecule has 0 bridgehead atoms. The van der Waals surface area contributed by atoms with Gasteiger partial charge in [0.1, 0.15) is 6.17 Å². The standard InChI is InChI=1S/C24H27FN6O4/c25-18-14-35-7-2-20(18)31-13-15-10-19(29-23(32)17(12-26)22-27-3-1-4-28-22)21(11-16(15)24(31)33)30-5-8-34-9-6-30/h1,3-4,10-12,18,20H,2,5-9,13-14,26H2,(H,29,32)/t18-,20-/m0/s1. The smallest absolute Gasteiger partial charge is 0.261 e. The summed E-state index contributed by atoms with van der Waals surface area (Å²) in [4.78, 5) is 38.3. The van der Waals surface area contributed by atoms with Crippen molar-refractivity contribution >= 4 is 28.8 Å². The Hall–Kier alpha value is -3.57. The van der Waals surface area contributed by atoms with Crippen molar-refractivity contribution in [1.29, 1.82) is 0 Å². The second-order valence-corrected chi connectivity index (χ2v) is 8.61. The van der Waals surface area contributed by atoms with Crippen LogP contribution in [0.25, 0.3) is 5.57 Å². The number of rotatable bonds is 5. The van der Waals surface area contributed by atoms with Crippen LogP contribution in [0.1, 0.15) is 28.2 Å². The zero-order valence-electron chi connectivity index (χ0n) is 19.2. The van der Waals surface area contributed by atoms with Gasteiger partial charge in [0.2, 0.25) is 0 Å². The number of carbonyl (C=O) groups excluding carboxylic acids is 2. The SMILES string of the molecule is NC=C(C(=O)Nc1cc2c(cc1N1CCOCC1)C(=O)N([C@H]1CCOC[C@@H]1F)C2)c1ncccn1. The predicted octanol–water partition coefficient (Wildman–Crippen LogP) is 1.33. The van der Waals surface area contributed by atoms with Crippen molar-refractivity contribution in [3.63, 3.8) is 0 Å². The van der Waals surface area contributed by atoms with E-state index in [1.54, 1.807) is 23.1 Å². The zero-order chi connectivity index (χ0) is 24.4. The molecule has 0 aliphatic carbocycles. The minimum absolute atomic E-state index is 0.0130. The number of amides is 2. The Morgan fingerprint density at radius 1 is 1.17 bits per heavy atom. The maximum Gasteiger partial charge on any atom is 0.261 e. The van der Waals surface area contributed by atoms with E-state index in [4.69, 9.17) is 15.2 Å². The number of nitrogens with one attached hydrogen (secondary N) is 1. The van der Waals surface area contributed by atoms with Crippen LogP contribution in [0.3, 0.4) is 0 Å². The maximum atomic E-state index is 14.6. The number of nitrogens with two attached hydrogens (primary N) is 1. The first kappa shape index (κ1) is 23.2. The summed E-state index contributed by atoms with van der Waals surface area (Å²) in [5, 5.41) is 2.93. The predicted molar refractivity (Wildman–Crippen MR) is 126 cm³/mol. The molecule has 184 valence electrons. The molecule has 1 aromatic carbocycles. The topological polar surface area (TPSA) is 123 Å². The van der Waals surface area contributed by atoms with Crippen molar-refractivity contribution in [2.24, 2.45) is 5.73 Å². The molecule has 4 heterocycles. The minimum atomic E-state index is -1.23. The van der Waals surface area contributed by atoms with Crippen LogP contribution in [0.15, 0.2) is 36.8 Å². The Labute approximate surface area is 201 Å². The lowest BCUT2D eigenvalue weighted by molar-refractivity contribution is -0.111. The molecule has 1 aromatic heterocycles. The molecular formula is C24H27FN6O4. The van der Waals surface area contributed by atoms with Gasteiger partial charge in [0, 0.05) is 50.4 Å². The number of halogens is 1. The molecule has 5 rings (SSSR count). The molecule has 0 unspecified atom stereocenters. The molecule has 11 heteroatoms. The number of alkyl halides is 1. The fourth-order valence-electron chi connectivity index (χ4n) is 4.73. The lowest BCUT2D eigenvalue weighted by Crippen LogP contribution is -2.47. The van der Waals surface area contributed by atoms with Crippen LogP contribution >= 0.6 is 0 Å². The molecule has 2 amide bonds. The Morgan fingerprint density at radius 2 is 1.94 bits per heavy atom. The van der Waals surface area contributed by atoms with Crippen molar-refractivity contribution in [2.75, 3.05) is 49.7 Å². The highest BCUT2D eigenvalue weighted by atomic mass is 19.1. The Bertz CT molecular complexity index is 1140. The number of anilines is 2. The van der Waals surface area contributed by atoms with Crippen LogP contribution in [0.2, 0.25) is 0 Å². The Morgan fingerprint density at radius 3 is 2.66 bits per heavy atom. The molecule has 2 aromatic rings. The average molecular weight is 483 g/mol. The number of morpholine rings is 1. The molecule has 0 radical (unpaired) electrons. The van der Waals surface area contributed by atoms with Crippen LogP contribution in [-0.4, -0.2) is 78.4 Å². The van der Waals surface area contributed by atoms with Gasteiger partial charge in [-0.3, -0.25) is 9.59 Å². The quantitative estimate of drug-likeness (QED) is 0.612. The Kier molecular flexibility index (Phi) is 6.60. The lowest BCUT2D eigenvalue weighted by Gasteiger charge is -2.33. The van der Waals surface area contributed by atoms with Crippen LogP contribution in [0.5, 0.6) is 0 Å². The van der Waals surface area contributed by atoms with Gasteiger partial charge < -0.3 is 30.3 Å². The number of ether oxygens (including phenoxy) is 2. The number of hydrogen-bond donors (Lipinski definition) is 2. The van der Waals surface area contributed by atoms with Crippen molar-refractivity contribution in [3.05, 3.63) is 53.7 Å². The van der Waals surface area contributed by atoms with E-state index in [9.17, 15) is 14.0 Å². The molecule has 3 aliphatic rings. The molecule has 35 heavy (non-hydrogen) atoms. The average Bonchev–Trinajstić information content (AvgIpc) is 3.20. The highest BCUT2D eigenvalue weighted by molar-refractivity contribution is 6.25. The van der Waals surface area contributed by atoms with Gasteiger partial charge in [-0.1, -0.05) is 0 Å². The molecule has 10 nitrogen and oxygen atoms in total. The summed E-state index contributed by atoms with van der Waals surface area (Å²) < 4.78 is 25.3. The van der Waals surface area contributed by atoms with Crippen molar-refractivity contribution in [2.45, 2.75) is 25.2 Å². The van der Waals surface area contributed by atoms with E-state index in [0.717, 1.165) is 5.56 Å². The van der Waals surface area contributed by atoms with E-state index >= 15 is 0 Å². The van der Waals surface area contributed by atoms with Gasteiger partial charge >= 0.3 is 0 Å². The summed E-state index contributed by atoms with van der Waals surface area (Å²) in [6.45, 7) is 2.94. The van der Waals surface area contributed by atoms with Crippen molar-refractivity contribution < 1.29 is 23.5 Å². The fraction of sp³-hybridized carbons (Fsp3) is 0.417. The molecule has 3 N–H and O–H groups in total. The molecule has 0 saturated carbocycles. The van der Waals surface area contributed by atoms with Crippen LogP contribution in [0, 0.1) is 0 Å². The number of aromatic nitrogens is 2. The van der Waals surface area contributed by atoms with Gasteiger partial charge in [-0.25, -0.2) is 14.4 Å². The second kappa shape index (κ2) is 9.96. The first-order chi connectivity index (χ1) is 17.1. The van der Waals surface area contributed by atoms with Crippen LogP contribution < -0.4 is 16.0 Å². The molecule has 3 aliphatic heterocycles. The molecule has 2 fully saturated rings. The van der Waals surface area contributed by atoms with E-state index in [1.165, 1.54) is 18.6 Å². The summed E-state index contributed by atoms with van der Waals surface area (Å²) in [7, 11) is 0. The summed E-state index contributed by atoms with van der Waals surface area (Å²) in [5.41, 5.74) is 8.34. The van der Waals surface area contributed by atoms with Gasteiger partial charge in [-0.2, -0.15) is 0 Å². The third-order valence-corrected chi connectivity index (χ3v) is 6.52. The van der Waals surface area contributed by atoms with E-state index in [2.05, 4.69) is 20.2 Å². The first-order valence-electron chi connectivity index (χ1n) is 11.6.